The maximum atomic E-state index is 12.8. The number of amides is 2. The van der Waals surface area contributed by atoms with Crippen molar-refractivity contribution in [2.75, 3.05) is 35.8 Å². The van der Waals surface area contributed by atoms with Crippen molar-refractivity contribution in [3.63, 3.8) is 0 Å². The lowest BCUT2D eigenvalue weighted by atomic mass is 10.1. The van der Waals surface area contributed by atoms with Crippen LogP contribution in [0.4, 0.5) is 17.1 Å². The van der Waals surface area contributed by atoms with Crippen LogP contribution in [0, 0.1) is 26.7 Å². The number of rotatable bonds is 4. The SMILES string of the molecule is Cc1ccc(N2CCC(C(=O)Nc3ccc(N(C)C)cc3C)C2=O)cc1C. The van der Waals surface area contributed by atoms with Crippen LogP contribution in [0.15, 0.2) is 36.4 Å². The van der Waals surface area contributed by atoms with Crippen LogP contribution in [0.25, 0.3) is 0 Å². The van der Waals surface area contributed by atoms with Crippen LogP contribution < -0.4 is 15.1 Å². The summed E-state index contributed by atoms with van der Waals surface area (Å²) in [4.78, 5) is 29.3. The Hall–Kier alpha value is -2.82. The van der Waals surface area contributed by atoms with E-state index in [0.29, 0.717) is 13.0 Å². The molecular formula is C22H27N3O2. The fourth-order valence-corrected chi connectivity index (χ4v) is 3.36. The van der Waals surface area contributed by atoms with Crippen LogP contribution >= 0.6 is 0 Å². The molecule has 0 radical (unpaired) electrons. The van der Waals surface area contributed by atoms with Gasteiger partial charge in [-0.15, -0.1) is 0 Å². The van der Waals surface area contributed by atoms with E-state index in [2.05, 4.69) is 5.32 Å². The summed E-state index contributed by atoms with van der Waals surface area (Å²) in [7, 11) is 3.96. The molecule has 1 N–H and O–H groups in total. The molecule has 5 heteroatoms. The van der Waals surface area contributed by atoms with Crippen LogP contribution in [0.1, 0.15) is 23.1 Å². The average molecular weight is 365 g/mol. The maximum Gasteiger partial charge on any atom is 0.239 e. The van der Waals surface area contributed by atoms with Crippen molar-refractivity contribution in [3.8, 4) is 0 Å². The standard InChI is InChI=1S/C22H27N3O2/c1-14-6-7-18(12-15(14)2)25-11-10-19(22(25)27)21(26)23-20-9-8-17(24(4)5)13-16(20)3/h6-9,12-13,19H,10-11H2,1-5H3,(H,23,26). The number of carbonyl (C=O) groups is 2. The summed E-state index contributed by atoms with van der Waals surface area (Å²) in [5.41, 5.74) is 6.00. The van der Waals surface area contributed by atoms with E-state index >= 15 is 0 Å². The highest BCUT2D eigenvalue weighted by Crippen LogP contribution is 2.28. The van der Waals surface area contributed by atoms with Gasteiger partial charge in [0.15, 0.2) is 0 Å². The van der Waals surface area contributed by atoms with E-state index in [9.17, 15) is 9.59 Å². The molecule has 1 unspecified atom stereocenters. The number of carbonyl (C=O) groups excluding carboxylic acids is 2. The Labute approximate surface area is 161 Å². The van der Waals surface area contributed by atoms with E-state index in [1.807, 2.05) is 76.2 Å². The van der Waals surface area contributed by atoms with E-state index in [1.165, 1.54) is 5.56 Å². The molecule has 1 aliphatic rings. The lowest BCUT2D eigenvalue weighted by Crippen LogP contribution is -2.33. The zero-order valence-electron chi connectivity index (χ0n) is 16.7. The van der Waals surface area contributed by atoms with Crippen LogP contribution in [0.5, 0.6) is 0 Å². The van der Waals surface area contributed by atoms with Gasteiger partial charge in [-0.3, -0.25) is 9.59 Å². The van der Waals surface area contributed by atoms with Crippen molar-refractivity contribution in [2.45, 2.75) is 27.2 Å². The van der Waals surface area contributed by atoms with Crippen molar-refractivity contribution in [3.05, 3.63) is 53.1 Å². The normalized spacial score (nSPS) is 16.6. The number of hydrogen-bond acceptors (Lipinski definition) is 3. The fraction of sp³-hybridized carbons (Fsp3) is 0.364. The molecule has 1 fully saturated rings. The minimum atomic E-state index is -0.639. The van der Waals surface area contributed by atoms with E-state index in [-0.39, 0.29) is 11.8 Å². The molecule has 3 rings (SSSR count). The van der Waals surface area contributed by atoms with Gasteiger partial charge in [-0.1, -0.05) is 6.07 Å². The summed E-state index contributed by atoms with van der Waals surface area (Å²) in [5, 5.41) is 2.94. The van der Waals surface area contributed by atoms with Crippen molar-refractivity contribution >= 4 is 28.9 Å². The minimum Gasteiger partial charge on any atom is -0.378 e. The van der Waals surface area contributed by atoms with Gasteiger partial charge in [0, 0.05) is 37.7 Å². The molecule has 0 aliphatic carbocycles. The predicted molar refractivity (Wildman–Crippen MR) is 111 cm³/mol. The second-order valence-electron chi connectivity index (χ2n) is 7.48. The molecule has 0 aromatic heterocycles. The molecule has 1 heterocycles. The first-order valence-electron chi connectivity index (χ1n) is 9.25. The molecule has 1 aliphatic heterocycles. The molecule has 0 bridgehead atoms. The Morgan fingerprint density at radius 1 is 1.04 bits per heavy atom. The van der Waals surface area contributed by atoms with Gasteiger partial charge in [0.1, 0.15) is 5.92 Å². The van der Waals surface area contributed by atoms with Gasteiger partial charge in [0.25, 0.3) is 0 Å². The van der Waals surface area contributed by atoms with Crippen LogP contribution in [-0.2, 0) is 9.59 Å². The second-order valence-corrected chi connectivity index (χ2v) is 7.48. The first-order valence-corrected chi connectivity index (χ1v) is 9.25. The average Bonchev–Trinajstić information content (AvgIpc) is 3.00. The number of benzene rings is 2. The smallest absolute Gasteiger partial charge is 0.239 e. The number of anilines is 3. The molecular weight excluding hydrogens is 338 g/mol. The Balaban J connectivity index is 1.73. The van der Waals surface area contributed by atoms with Crippen molar-refractivity contribution < 1.29 is 9.59 Å². The lowest BCUT2D eigenvalue weighted by Gasteiger charge is -2.19. The Morgan fingerprint density at radius 2 is 1.78 bits per heavy atom. The Kier molecular flexibility index (Phi) is 5.22. The molecule has 2 aromatic carbocycles. The highest BCUT2D eigenvalue weighted by Gasteiger charge is 2.37. The summed E-state index contributed by atoms with van der Waals surface area (Å²) in [5.74, 6) is -0.995. The number of aryl methyl sites for hydroxylation is 3. The first kappa shape index (κ1) is 19.0. The van der Waals surface area contributed by atoms with Crippen LogP contribution in [-0.4, -0.2) is 32.5 Å². The molecule has 142 valence electrons. The monoisotopic (exact) mass is 365 g/mol. The lowest BCUT2D eigenvalue weighted by molar-refractivity contribution is -0.129. The molecule has 27 heavy (non-hydrogen) atoms. The van der Waals surface area contributed by atoms with Crippen molar-refractivity contribution in [1.82, 2.24) is 0 Å². The number of nitrogens with zero attached hydrogens (tertiary/aromatic N) is 2. The summed E-state index contributed by atoms with van der Waals surface area (Å²) in [6, 6.07) is 11.8. The van der Waals surface area contributed by atoms with E-state index in [0.717, 1.165) is 28.2 Å². The predicted octanol–water partition coefficient (Wildman–Crippen LogP) is 3.67. The van der Waals surface area contributed by atoms with Gasteiger partial charge in [0.05, 0.1) is 0 Å². The fourth-order valence-electron chi connectivity index (χ4n) is 3.36. The third kappa shape index (κ3) is 3.82. The van der Waals surface area contributed by atoms with Crippen LogP contribution in [0.3, 0.4) is 0 Å². The molecule has 2 amide bonds. The highest BCUT2D eigenvalue weighted by molar-refractivity contribution is 6.13. The van der Waals surface area contributed by atoms with Crippen molar-refractivity contribution in [1.29, 1.82) is 0 Å². The zero-order chi connectivity index (χ0) is 19.7. The number of nitrogens with one attached hydrogen (secondary N) is 1. The maximum absolute atomic E-state index is 12.8. The molecule has 0 saturated carbocycles. The van der Waals surface area contributed by atoms with Gasteiger partial charge >= 0.3 is 0 Å². The van der Waals surface area contributed by atoms with Gasteiger partial charge in [0.2, 0.25) is 11.8 Å². The summed E-state index contributed by atoms with van der Waals surface area (Å²) in [6.07, 6.45) is 0.534. The quantitative estimate of drug-likeness (QED) is 0.841. The Morgan fingerprint density at radius 3 is 2.41 bits per heavy atom. The van der Waals surface area contributed by atoms with Crippen molar-refractivity contribution in [2.24, 2.45) is 5.92 Å². The molecule has 5 nitrogen and oxygen atoms in total. The summed E-state index contributed by atoms with van der Waals surface area (Å²) in [6.45, 7) is 6.60. The van der Waals surface area contributed by atoms with Gasteiger partial charge in [-0.25, -0.2) is 0 Å². The minimum absolute atomic E-state index is 0.127. The van der Waals surface area contributed by atoms with Crippen LogP contribution in [0.2, 0.25) is 0 Å². The second kappa shape index (κ2) is 7.43. The topological polar surface area (TPSA) is 52.7 Å². The first-order chi connectivity index (χ1) is 12.8. The largest absolute Gasteiger partial charge is 0.378 e. The third-order valence-corrected chi connectivity index (χ3v) is 5.31. The van der Waals surface area contributed by atoms with Gasteiger partial charge in [-0.2, -0.15) is 0 Å². The molecule has 1 atom stereocenters. The molecule has 0 spiro atoms. The van der Waals surface area contributed by atoms with E-state index in [1.54, 1.807) is 4.90 Å². The molecule has 1 saturated heterocycles. The highest BCUT2D eigenvalue weighted by atomic mass is 16.2. The van der Waals surface area contributed by atoms with Gasteiger partial charge < -0.3 is 15.1 Å². The molecule has 2 aromatic rings. The van der Waals surface area contributed by atoms with Gasteiger partial charge in [-0.05, 0) is 74.2 Å². The third-order valence-electron chi connectivity index (χ3n) is 5.31. The summed E-state index contributed by atoms with van der Waals surface area (Å²) < 4.78 is 0. The van der Waals surface area contributed by atoms with E-state index in [4.69, 9.17) is 0 Å². The van der Waals surface area contributed by atoms with E-state index < -0.39 is 5.92 Å². The zero-order valence-corrected chi connectivity index (χ0v) is 16.7. The number of hydrogen-bond donors (Lipinski definition) is 1. The Bertz CT molecular complexity index is 889. The summed E-state index contributed by atoms with van der Waals surface area (Å²) >= 11 is 0.